The highest BCUT2D eigenvalue weighted by atomic mass is 15.1. The van der Waals surface area contributed by atoms with Crippen LogP contribution in [0.1, 0.15) is 39.0 Å². The lowest BCUT2D eigenvalue weighted by Crippen LogP contribution is -2.43. The molecule has 0 aromatic rings. The van der Waals surface area contributed by atoms with Gasteiger partial charge in [-0.15, -0.1) is 0 Å². The second kappa shape index (κ2) is 3.75. The molecule has 0 aromatic heterocycles. The summed E-state index contributed by atoms with van der Waals surface area (Å²) in [6, 6.07) is 2.26. The number of nitrogens with one attached hydrogen (secondary N) is 2. The van der Waals surface area contributed by atoms with Crippen LogP contribution in [-0.2, 0) is 0 Å². The zero-order valence-corrected chi connectivity index (χ0v) is 7.97. The standard InChI is InChI=1S/C10H20N2/c1-8-10(6-7-11-8)12-9-4-2-3-5-9/h8-12H,2-7H2,1H3. The average molecular weight is 168 g/mol. The molecule has 2 nitrogen and oxygen atoms in total. The maximum absolute atomic E-state index is 3.77. The molecule has 2 N–H and O–H groups in total. The van der Waals surface area contributed by atoms with E-state index in [1.807, 2.05) is 0 Å². The Morgan fingerprint density at radius 2 is 1.92 bits per heavy atom. The summed E-state index contributed by atoms with van der Waals surface area (Å²) in [5, 5.41) is 7.25. The van der Waals surface area contributed by atoms with Crippen LogP contribution in [0.15, 0.2) is 0 Å². The lowest BCUT2D eigenvalue weighted by Gasteiger charge is -2.21. The molecule has 0 aromatic carbocycles. The van der Waals surface area contributed by atoms with Crippen LogP contribution in [0.2, 0.25) is 0 Å². The van der Waals surface area contributed by atoms with Crippen molar-refractivity contribution in [1.82, 2.24) is 10.6 Å². The van der Waals surface area contributed by atoms with Crippen molar-refractivity contribution in [3.05, 3.63) is 0 Å². The monoisotopic (exact) mass is 168 g/mol. The van der Waals surface area contributed by atoms with Crippen LogP contribution in [0.25, 0.3) is 0 Å². The zero-order valence-electron chi connectivity index (χ0n) is 7.97. The molecule has 2 heteroatoms. The molecular weight excluding hydrogens is 148 g/mol. The van der Waals surface area contributed by atoms with Crippen molar-refractivity contribution in [3.8, 4) is 0 Å². The summed E-state index contributed by atoms with van der Waals surface area (Å²) in [6.45, 7) is 3.49. The summed E-state index contributed by atoms with van der Waals surface area (Å²) < 4.78 is 0. The lowest BCUT2D eigenvalue weighted by molar-refractivity contribution is 0.406. The van der Waals surface area contributed by atoms with Gasteiger partial charge in [-0.3, -0.25) is 0 Å². The molecule has 2 atom stereocenters. The quantitative estimate of drug-likeness (QED) is 0.649. The van der Waals surface area contributed by atoms with E-state index in [1.54, 1.807) is 0 Å². The van der Waals surface area contributed by atoms with Gasteiger partial charge in [-0.2, -0.15) is 0 Å². The lowest BCUT2D eigenvalue weighted by atomic mass is 10.1. The first-order valence-corrected chi connectivity index (χ1v) is 5.36. The van der Waals surface area contributed by atoms with Crippen LogP contribution in [-0.4, -0.2) is 24.7 Å². The van der Waals surface area contributed by atoms with Gasteiger partial charge < -0.3 is 10.6 Å². The minimum absolute atomic E-state index is 0.686. The van der Waals surface area contributed by atoms with Gasteiger partial charge in [0.2, 0.25) is 0 Å². The van der Waals surface area contributed by atoms with Crippen LogP contribution in [0.4, 0.5) is 0 Å². The van der Waals surface area contributed by atoms with Crippen molar-refractivity contribution in [2.24, 2.45) is 0 Å². The molecular formula is C10H20N2. The Kier molecular flexibility index (Phi) is 2.66. The molecule has 1 heterocycles. The minimum Gasteiger partial charge on any atom is -0.313 e. The summed E-state index contributed by atoms with van der Waals surface area (Å²) in [5.74, 6) is 0. The third-order valence-electron chi connectivity index (χ3n) is 3.33. The van der Waals surface area contributed by atoms with Gasteiger partial charge in [0.15, 0.2) is 0 Å². The second-order valence-corrected chi connectivity index (χ2v) is 4.29. The normalized spacial score (nSPS) is 37.8. The molecule has 0 amide bonds. The van der Waals surface area contributed by atoms with E-state index < -0.39 is 0 Å². The van der Waals surface area contributed by atoms with Crippen LogP contribution >= 0.6 is 0 Å². The Balaban J connectivity index is 1.77. The largest absolute Gasteiger partial charge is 0.313 e. The van der Waals surface area contributed by atoms with Crippen molar-refractivity contribution in [3.63, 3.8) is 0 Å². The van der Waals surface area contributed by atoms with Crippen molar-refractivity contribution in [2.45, 2.75) is 57.2 Å². The average Bonchev–Trinajstić information content (AvgIpc) is 2.65. The highest BCUT2D eigenvalue weighted by molar-refractivity contribution is 4.89. The fourth-order valence-corrected chi connectivity index (χ4v) is 2.48. The first kappa shape index (κ1) is 8.52. The zero-order chi connectivity index (χ0) is 8.39. The highest BCUT2D eigenvalue weighted by Crippen LogP contribution is 2.19. The van der Waals surface area contributed by atoms with Crippen molar-refractivity contribution in [2.75, 3.05) is 6.54 Å². The summed E-state index contributed by atoms with van der Waals surface area (Å²) in [6.07, 6.45) is 7.00. The van der Waals surface area contributed by atoms with Gasteiger partial charge in [-0.25, -0.2) is 0 Å². The molecule has 2 rings (SSSR count). The Morgan fingerprint density at radius 1 is 1.17 bits per heavy atom. The van der Waals surface area contributed by atoms with Crippen LogP contribution in [0.3, 0.4) is 0 Å². The third kappa shape index (κ3) is 1.80. The van der Waals surface area contributed by atoms with Crippen LogP contribution in [0.5, 0.6) is 0 Å². The fourth-order valence-electron chi connectivity index (χ4n) is 2.48. The maximum Gasteiger partial charge on any atom is 0.0233 e. The molecule has 2 fully saturated rings. The number of hydrogen-bond donors (Lipinski definition) is 2. The van der Waals surface area contributed by atoms with Gasteiger partial charge in [0, 0.05) is 18.1 Å². The van der Waals surface area contributed by atoms with E-state index in [1.165, 1.54) is 38.6 Å². The van der Waals surface area contributed by atoms with Crippen LogP contribution < -0.4 is 10.6 Å². The topological polar surface area (TPSA) is 24.1 Å². The van der Waals surface area contributed by atoms with E-state index in [9.17, 15) is 0 Å². The van der Waals surface area contributed by atoms with Gasteiger partial charge in [0.1, 0.15) is 0 Å². The van der Waals surface area contributed by atoms with E-state index in [0.29, 0.717) is 6.04 Å². The predicted molar refractivity (Wildman–Crippen MR) is 51.3 cm³/mol. The smallest absolute Gasteiger partial charge is 0.0233 e. The first-order chi connectivity index (χ1) is 5.86. The highest BCUT2D eigenvalue weighted by Gasteiger charge is 2.26. The molecule has 2 aliphatic rings. The summed E-state index contributed by atoms with van der Waals surface area (Å²) in [4.78, 5) is 0. The van der Waals surface area contributed by atoms with E-state index >= 15 is 0 Å². The molecule has 0 spiro atoms. The Morgan fingerprint density at radius 3 is 2.50 bits per heavy atom. The van der Waals surface area contributed by atoms with E-state index in [-0.39, 0.29) is 0 Å². The second-order valence-electron chi connectivity index (χ2n) is 4.29. The van der Waals surface area contributed by atoms with Gasteiger partial charge in [0.25, 0.3) is 0 Å². The molecule has 0 radical (unpaired) electrons. The third-order valence-corrected chi connectivity index (χ3v) is 3.33. The number of hydrogen-bond acceptors (Lipinski definition) is 2. The molecule has 2 unspecified atom stereocenters. The molecule has 0 bridgehead atoms. The van der Waals surface area contributed by atoms with Gasteiger partial charge in [-0.1, -0.05) is 12.8 Å². The number of rotatable bonds is 2. The van der Waals surface area contributed by atoms with Gasteiger partial charge in [0.05, 0.1) is 0 Å². The molecule has 1 aliphatic carbocycles. The van der Waals surface area contributed by atoms with Gasteiger partial charge in [-0.05, 0) is 32.7 Å². The summed E-state index contributed by atoms with van der Waals surface area (Å²) >= 11 is 0. The SMILES string of the molecule is CC1NCCC1NC1CCCC1. The molecule has 70 valence electrons. The first-order valence-electron chi connectivity index (χ1n) is 5.36. The Hall–Kier alpha value is -0.0800. The predicted octanol–water partition coefficient (Wildman–Crippen LogP) is 1.27. The minimum atomic E-state index is 0.686. The molecule has 1 saturated heterocycles. The summed E-state index contributed by atoms with van der Waals surface area (Å²) in [5.41, 5.74) is 0. The maximum atomic E-state index is 3.77. The van der Waals surface area contributed by atoms with Crippen molar-refractivity contribution < 1.29 is 0 Å². The van der Waals surface area contributed by atoms with Crippen molar-refractivity contribution >= 4 is 0 Å². The van der Waals surface area contributed by atoms with E-state index in [0.717, 1.165) is 12.1 Å². The molecule has 12 heavy (non-hydrogen) atoms. The van der Waals surface area contributed by atoms with Crippen molar-refractivity contribution in [1.29, 1.82) is 0 Å². The fraction of sp³-hybridized carbons (Fsp3) is 1.00. The molecule has 1 saturated carbocycles. The van der Waals surface area contributed by atoms with Crippen LogP contribution in [0, 0.1) is 0 Å². The Labute approximate surface area is 75.1 Å². The summed E-state index contributed by atoms with van der Waals surface area (Å²) in [7, 11) is 0. The molecule has 1 aliphatic heterocycles. The van der Waals surface area contributed by atoms with Gasteiger partial charge >= 0.3 is 0 Å². The van der Waals surface area contributed by atoms with E-state index in [2.05, 4.69) is 17.6 Å². The van der Waals surface area contributed by atoms with E-state index in [4.69, 9.17) is 0 Å². The Bertz CT molecular complexity index is 141.